The lowest BCUT2D eigenvalue weighted by Crippen LogP contribution is -2.29. The second kappa shape index (κ2) is 7.13. The molecule has 0 aromatic heterocycles. The van der Waals surface area contributed by atoms with E-state index in [0.717, 1.165) is 27.5 Å². The molecule has 0 aliphatic rings. The van der Waals surface area contributed by atoms with Crippen LogP contribution in [0.25, 0.3) is 0 Å². The van der Waals surface area contributed by atoms with E-state index in [4.69, 9.17) is 5.73 Å². The molecular formula is C12H16Br2N2O. The average Bonchev–Trinajstić information content (AvgIpc) is 2.30. The largest absolute Gasteiger partial charge is 0.330 e. The number of para-hydroxylation sites is 1. The van der Waals surface area contributed by atoms with E-state index in [2.05, 4.69) is 37.2 Å². The molecule has 0 saturated heterocycles. The smallest absolute Gasteiger partial charge is 0.228 e. The topological polar surface area (TPSA) is 55.1 Å². The maximum Gasteiger partial charge on any atom is 0.228 e. The molecule has 0 aliphatic heterocycles. The van der Waals surface area contributed by atoms with Crippen molar-refractivity contribution < 1.29 is 4.79 Å². The summed E-state index contributed by atoms with van der Waals surface area (Å²) in [5.74, 6) is -0.152. The first-order valence-electron chi connectivity index (χ1n) is 5.55. The van der Waals surface area contributed by atoms with Gasteiger partial charge < -0.3 is 11.1 Å². The minimum absolute atomic E-state index is 0.0260. The number of hydrogen-bond acceptors (Lipinski definition) is 2. The Balaban J connectivity index is 2.80. The fraction of sp³-hybridized carbons (Fsp3) is 0.417. The van der Waals surface area contributed by atoms with Crippen LogP contribution in [0, 0.1) is 5.92 Å². The van der Waals surface area contributed by atoms with E-state index in [9.17, 15) is 4.79 Å². The lowest BCUT2D eigenvalue weighted by molar-refractivity contribution is -0.119. The lowest BCUT2D eigenvalue weighted by Gasteiger charge is -2.15. The van der Waals surface area contributed by atoms with Crippen LogP contribution in [0.2, 0.25) is 0 Å². The van der Waals surface area contributed by atoms with E-state index in [1.807, 2.05) is 25.1 Å². The number of nitrogens with one attached hydrogen (secondary N) is 1. The third-order valence-corrected chi connectivity index (χ3v) is 3.83. The molecule has 1 amide bonds. The molecule has 0 heterocycles. The van der Waals surface area contributed by atoms with Crippen molar-refractivity contribution in [3.63, 3.8) is 0 Å². The van der Waals surface area contributed by atoms with Crippen molar-refractivity contribution in [3.05, 3.63) is 27.1 Å². The predicted molar refractivity (Wildman–Crippen MR) is 77.9 cm³/mol. The molecule has 1 aromatic rings. The zero-order chi connectivity index (χ0) is 12.8. The Kier molecular flexibility index (Phi) is 6.16. The summed E-state index contributed by atoms with van der Waals surface area (Å²) in [7, 11) is 0. The maximum atomic E-state index is 12.0. The summed E-state index contributed by atoms with van der Waals surface area (Å²) in [6, 6.07) is 5.67. The molecule has 1 rings (SSSR count). The molecule has 94 valence electrons. The summed E-state index contributed by atoms with van der Waals surface area (Å²) >= 11 is 6.82. The number of hydrogen-bond donors (Lipinski definition) is 2. The van der Waals surface area contributed by atoms with Crippen LogP contribution in [0.4, 0.5) is 5.69 Å². The van der Waals surface area contributed by atoms with E-state index in [1.165, 1.54) is 0 Å². The van der Waals surface area contributed by atoms with Gasteiger partial charge in [-0.05, 0) is 50.4 Å². The number of benzene rings is 1. The fourth-order valence-corrected chi connectivity index (χ4v) is 2.74. The molecule has 3 N–H and O–H groups in total. The molecule has 0 radical (unpaired) electrons. The van der Waals surface area contributed by atoms with Crippen molar-refractivity contribution in [2.24, 2.45) is 11.7 Å². The van der Waals surface area contributed by atoms with Gasteiger partial charge in [0.2, 0.25) is 5.91 Å². The molecule has 17 heavy (non-hydrogen) atoms. The van der Waals surface area contributed by atoms with Crippen LogP contribution in [-0.4, -0.2) is 12.5 Å². The fourth-order valence-electron chi connectivity index (χ4n) is 1.55. The van der Waals surface area contributed by atoms with E-state index in [1.54, 1.807) is 0 Å². The van der Waals surface area contributed by atoms with Crippen molar-refractivity contribution in [1.29, 1.82) is 0 Å². The van der Waals surface area contributed by atoms with Gasteiger partial charge in [0.15, 0.2) is 0 Å². The summed E-state index contributed by atoms with van der Waals surface area (Å²) in [6.45, 7) is 2.42. The number of halogens is 2. The molecule has 1 aromatic carbocycles. The second-order valence-corrected chi connectivity index (χ2v) is 5.52. The standard InChI is InChI=1S/C12H16Br2N2O/c1-2-4-8(7-15)12(17)16-11-9(13)5-3-6-10(11)14/h3,5-6,8H,2,4,7,15H2,1H3,(H,16,17). The molecule has 0 saturated carbocycles. The van der Waals surface area contributed by atoms with Crippen molar-refractivity contribution in [2.75, 3.05) is 11.9 Å². The highest BCUT2D eigenvalue weighted by Crippen LogP contribution is 2.31. The van der Waals surface area contributed by atoms with Gasteiger partial charge in [0, 0.05) is 15.5 Å². The molecule has 0 fully saturated rings. The number of nitrogens with two attached hydrogens (primary N) is 1. The molecule has 0 bridgehead atoms. The molecule has 1 atom stereocenters. The van der Waals surface area contributed by atoms with E-state index in [-0.39, 0.29) is 11.8 Å². The van der Waals surface area contributed by atoms with Crippen LogP contribution in [0.5, 0.6) is 0 Å². The lowest BCUT2D eigenvalue weighted by atomic mass is 10.0. The highest BCUT2D eigenvalue weighted by molar-refractivity contribution is 9.11. The zero-order valence-corrected chi connectivity index (χ0v) is 12.8. The van der Waals surface area contributed by atoms with Crippen LogP contribution in [0.1, 0.15) is 19.8 Å². The zero-order valence-electron chi connectivity index (χ0n) is 9.67. The van der Waals surface area contributed by atoms with Gasteiger partial charge in [0.25, 0.3) is 0 Å². The van der Waals surface area contributed by atoms with Gasteiger partial charge in [0.05, 0.1) is 11.6 Å². The summed E-state index contributed by atoms with van der Waals surface area (Å²) in [5, 5.41) is 2.90. The molecule has 3 nitrogen and oxygen atoms in total. The van der Waals surface area contributed by atoms with Crippen LogP contribution < -0.4 is 11.1 Å². The first-order valence-corrected chi connectivity index (χ1v) is 7.13. The minimum atomic E-state index is -0.126. The Morgan fingerprint density at radius 2 is 2.00 bits per heavy atom. The highest BCUT2D eigenvalue weighted by Gasteiger charge is 2.17. The van der Waals surface area contributed by atoms with E-state index < -0.39 is 0 Å². The maximum absolute atomic E-state index is 12.0. The molecule has 0 spiro atoms. The highest BCUT2D eigenvalue weighted by atomic mass is 79.9. The average molecular weight is 364 g/mol. The van der Waals surface area contributed by atoms with Crippen LogP contribution in [0.3, 0.4) is 0 Å². The normalized spacial score (nSPS) is 12.2. The first-order chi connectivity index (χ1) is 8.10. The summed E-state index contributed by atoms with van der Waals surface area (Å²) < 4.78 is 1.71. The number of carbonyl (C=O) groups is 1. The van der Waals surface area contributed by atoms with Gasteiger partial charge in [-0.15, -0.1) is 0 Å². The Labute approximate surface area is 118 Å². The van der Waals surface area contributed by atoms with Gasteiger partial charge in [-0.2, -0.15) is 0 Å². The quantitative estimate of drug-likeness (QED) is 0.840. The third-order valence-electron chi connectivity index (χ3n) is 2.50. The Morgan fingerprint density at radius 1 is 1.41 bits per heavy atom. The molecular weight excluding hydrogens is 348 g/mol. The van der Waals surface area contributed by atoms with Crippen molar-refractivity contribution in [1.82, 2.24) is 0 Å². The molecule has 1 unspecified atom stereocenters. The Hall–Kier alpha value is -0.390. The van der Waals surface area contributed by atoms with Gasteiger partial charge in [0.1, 0.15) is 0 Å². The molecule has 0 aliphatic carbocycles. The number of carbonyl (C=O) groups excluding carboxylic acids is 1. The van der Waals surface area contributed by atoms with Gasteiger partial charge in [-0.3, -0.25) is 4.79 Å². The summed E-state index contributed by atoms with van der Waals surface area (Å²) in [5.41, 5.74) is 6.36. The number of amides is 1. The number of rotatable bonds is 5. The predicted octanol–water partition coefficient (Wildman–Crippen LogP) is 3.53. The summed E-state index contributed by atoms with van der Waals surface area (Å²) in [4.78, 5) is 12.0. The first kappa shape index (κ1) is 14.7. The molecule has 5 heteroatoms. The van der Waals surface area contributed by atoms with Gasteiger partial charge >= 0.3 is 0 Å². The van der Waals surface area contributed by atoms with Gasteiger partial charge in [-0.1, -0.05) is 19.4 Å². The summed E-state index contributed by atoms with van der Waals surface area (Å²) in [6.07, 6.45) is 1.76. The third kappa shape index (κ3) is 4.08. The Morgan fingerprint density at radius 3 is 2.47 bits per heavy atom. The van der Waals surface area contributed by atoms with Crippen molar-refractivity contribution >= 4 is 43.5 Å². The van der Waals surface area contributed by atoms with Crippen molar-refractivity contribution in [3.8, 4) is 0 Å². The van der Waals surface area contributed by atoms with Crippen LogP contribution in [-0.2, 0) is 4.79 Å². The second-order valence-electron chi connectivity index (χ2n) is 3.81. The van der Waals surface area contributed by atoms with Crippen LogP contribution in [0.15, 0.2) is 27.1 Å². The van der Waals surface area contributed by atoms with Crippen molar-refractivity contribution in [2.45, 2.75) is 19.8 Å². The van der Waals surface area contributed by atoms with E-state index >= 15 is 0 Å². The number of anilines is 1. The van der Waals surface area contributed by atoms with E-state index in [0.29, 0.717) is 6.54 Å². The van der Waals surface area contributed by atoms with Gasteiger partial charge in [-0.25, -0.2) is 0 Å². The SMILES string of the molecule is CCCC(CN)C(=O)Nc1c(Br)cccc1Br. The monoisotopic (exact) mass is 362 g/mol. The Bertz CT molecular complexity index is 376. The minimum Gasteiger partial charge on any atom is -0.330 e. The van der Waals surface area contributed by atoms with Crippen LogP contribution >= 0.6 is 31.9 Å².